The normalized spacial score (nSPS) is 16.0. The molecule has 3 aromatic rings. The third-order valence-corrected chi connectivity index (χ3v) is 5.38. The molecule has 0 unspecified atom stereocenters. The molecule has 1 saturated carbocycles. The molecule has 1 aliphatic rings. The molecule has 0 N–H and O–H groups in total. The average Bonchev–Trinajstić information content (AvgIpc) is 3.05. The Hall–Kier alpha value is -2.02. The second kappa shape index (κ2) is 6.62. The zero-order valence-corrected chi connectivity index (χ0v) is 13.7. The van der Waals surface area contributed by atoms with Crippen molar-refractivity contribution in [3.05, 3.63) is 66.4 Å². The van der Waals surface area contributed by atoms with E-state index in [4.69, 9.17) is 0 Å². The Balaban J connectivity index is 1.47. The fraction of sp³-hybridized carbons (Fsp3) is 0.364. The molecule has 0 bridgehead atoms. The van der Waals surface area contributed by atoms with Gasteiger partial charge in [0, 0.05) is 11.9 Å². The van der Waals surface area contributed by atoms with Gasteiger partial charge in [0.15, 0.2) is 0 Å². The summed E-state index contributed by atoms with van der Waals surface area (Å²) in [7, 11) is 0. The Bertz CT molecular complexity index is 760. The van der Waals surface area contributed by atoms with Crippen molar-refractivity contribution in [2.75, 3.05) is 0 Å². The Morgan fingerprint density at radius 2 is 1.61 bits per heavy atom. The van der Waals surface area contributed by atoms with Gasteiger partial charge in [0.25, 0.3) is 0 Å². The molecule has 0 radical (unpaired) electrons. The van der Waals surface area contributed by atoms with Crippen LogP contribution in [0, 0.1) is 5.92 Å². The number of benzene rings is 2. The van der Waals surface area contributed by atoms with E-state index in [2.05, 4.69) is 65.4 Å². The molecule has 0 aliphatic heterocycles. The van der Waals surface area contributed by atoms with Gasteiger partial charge < -0.3 is 4.57 Å². The molecule has 1 fully saturated rings. The van der Waals surface area contributed by atoms with Gasteiger partial charge in [-0.2, -0.15) is 0 Å². The van der Waals surface area contributed by atoms with Crippen molar-refractivity contribution >= 4 is 10.9 Å². The maximum atomic E-state index is 2.31. The molecule has 1 nitrogen and oxygen atoms in total. The fourth-order valence-electron chi connectivity index (χ4n) is 3.98. The largest absolute Gasteiger partial charge is 0.317 e. The zero-order chi connectivity index (χ0) is 15.5. The average molecular weight is 303 g/mol. The van der Waals surface area contributed by atoms with E-state index in [-0.39, 0.29) is 0 Å². The van der Waals surface area contributed by atoms with E-state index in [1.54, 1.807) is 0 Å². The van der Waals surface area contributed by atoms with Crippen molar-refractivity contribution in [3.63, 3.8) is 0 Å². The lowest BCUT2D eigenvalue weighted by Gasteiger charge is -2.21. The molecule has 1 heterocycles. The maximum absolute atomic E-state index is 2.31. The van der Waals surface area contributed by atoms with E-state index >= 15 is 0 Å². The van der Waals surface area contributed by atoms with Crippen LogP contribution in [0.3, 0.4) is 0 Å². The number of rotatable bonds is 4. The summed E-state index contributed by atoms with van der Waals surface area (Å²) >= 11 is 0. The number of aryl methyl sites for hydroxylation is 1. The van der Waals surface area contributed by atoms with Gasteiger partial charge in [-0.15, -0.1) is 0 Å². The summed E-state index contributed by atoms with van der Waals surface area (Å²) in [6.45, 7) is 0. The summed E-state index contributed by atoms with van der Waals surface area (Å²) in [5, 5.41) is 1.30. The third kappa shape index (κ3) is 3.19. The number of fused-ring (bicyclic) bond motifs is 1. The number of hydrogen-bond donors (Lipinski definition) is 0. The summed E-state index contributed by atoms with van der Waals surface area (Å²) in [6.07, 6.45) is 12.0. The van der Waals surface area contributed by atoms with Crippen LogP contribution in [-0.4, -0.2) is 4.57 Å². The van der Waals surface area contributed by atoms with Crippen molar-refractivity contribution in [2.45, 2.75) is 44.9 Å². The molecule has 4 rings (SSSR count). The molecule has 1 heteroatoms. The first-order valence-corrected chi connectivity index (χ1v) is 9.05. The van der Waals surface area contributed by atoms with Crippen LogP contribution in [0.1, 0.15) is 44.1 Å². The van der Waals surface area contributed by atoms with E-state index in [0.717, 1.165) is 5.92 Å². The summed E-state index contributed by atoms with van der Waals surface area (Å²) in [5.41, 5.74) is 4.02. The van der Waals surface area contributed by atoms with Gasteiger partial charge in [-0.1, -0.05) is 62.4 Å². The van der Waals surface area contributed by atoms with Crippen molar-refractivity contribution < 1.29 is 0 Å². The smallest absolute Gasteiger partial charge is 0.0528 e. The lowest BCUT2D eigenvalue weighted by molar-refractivity contribution is 0.339. The van der Waals surface area contributed by atoms with Crippen LogP contribution in [0.2, 0.25) is 0 Å². The first kappa shape index (κ1) is 14.6. The van der Waals surface area contributed by atoms with Crippen LogP contribution >= 0.6 is 0 Å². The molecule has 1 aliphatic carbocycles. The van der Waals surface area contributed by atoms with Gasteiger partial charge >= 0.3 is 0 Å². The van der Waals surface area contributed by atoms with Gasteiger partial charge in [0.1, 0.15) is 0 Å². The summed E-state index contributed by atoms with van der Waals surface area (Å²) in [6, 6.07) is 19.9. The van der Waals surface area contributed by atoms with Crippen LogP contribution in [-0.2, 0) is 6.42 Å². The molecule has 1 aromatic heterocycles. The molecule has 2 aromatic carbocycles. The second-order valence-electron chi connectivity index (χ2n) is 6.95. The first-order chi connectivity index (χ1) is 11.4. The SMILES string of the molecule is c1ccc2c(c1)ccn2-c1ccc(CCC2CCCCC2)cc1. The monoisotopic (exact) mass is 303 g/mol. The number of aromatic nitrogens is 1. The molecule has 0 amide bonds. The van der Waals surface area contributed by atoms with Gasteiger partial charge in [0.05, 0.1) is 5.52 Å². The number of nitrogens with zero attached hydrogens (tertiary/aromatic N) is 1. The quantitative estimate of drug-likeness (QED) is 0.545. The van der Waals surface area contributed by atoms with Crippen LogP contribution in [0.25, 0.3) is 16.6 Å². The standard InChI is InChI=1S/C22H25N/c1-2-6-18(7-3-1)10-11-19-12-14-21(15-13-19)23-17-16-20-8-4-5-9-22(20)23/h4-5,8-9,12-18H,1-3,6-7,10-11H2. The van der Waals surface area contributed by atoms with Crippen molar-refractivity contribution in [3.8, 4) is 5.69 Å². The Morgan fingerprint density at radius 1 is 0.826 bits per heavy atom. The predicted molar refractivity (Wildman–Crippen MR) is 98.2 cm³/mol. The fourth-order valence-corrected chi connectivity index (χ4v) is 3.98. The number of para-hydroxylation sites is 1. The molecule has 118 valence electrons. The van der Waals surface area contributed by atoms with Crippen molar-refractivity contribution in [1.29, 1.82) is 0 Å². The van der Waals surface area contributed by atoms with E-state index in [0.29, 0.717) is 0 Å². The minimum absolute atomic E-state index is 0.969. The van der Waals surface area contributed by atoms with Crippen LogP contribution in [0.5, 0.6) is 0 Å². The summed E-state index contributed by atoms with van der Waals surface area (Å²) in [5.74, 6) is 0.969. The minimum atomic E-state index is 0.969. The van der Waals surface area contributed by atoms with Gasteiger partial charge in [0.2, 0.25) is 0 Å². The first-order valence-electron chi connectivity index (χ1n) is 9.05. The van der Waals surface area contributed by atoms with Gasteiger partial charge in [-0.25, -0.2) is 0 Å². The highest BCUT2D eigenvalue weighted by molar-refractivity contribution is 5.81. The van der Waals surface area contributed by atoms with Crippen LogP contribution < -0.4 is 0 Å². The molecule has 0 spiro atoms. The highest BCUT2D eigenvalue weighted by atomic mass is 15.0. The maximum Gasteiger partial charge on any atom is 0.0528 e. The van der Waals surface area contributed by atoms with E-state index in [1.165, 1.54) is 67.1 Å². The zero-order valence-electron chi connectivity index (χ0n) is 13.7. The highest BCUT2D eigenvalue weighted by Crippen LogP contribution is 2.28. The Morgan fingerprint density at radius 3 is 2.43 bits per heavy atom. The Labute approximate surface area is 139 Å². The molecular weight excluding hydrogens is 278 g/mol. The third-order valence-electron chi connectivity index (χ3n) is 5.38. The number of hydrogen-bond acceptors (Lipinski definition) is 0. The van der Waals surface area contributed by atoms with Crippen molar-refractivity contribution in [2.24, 2.45) is 5.92 Å². The lowest BCUT2D eigenvalue weighted by atomic mass is 9.85. The second-order valence-corrected chi connectivity index (χ2v) is 6.95. The van der Waals surface area contributed by atoms with Gasteiger partial charge in [-0.3, -0.25) is 0 Å². The topological polar surface area (TPSA) is 4.93 Å². The molecule has 23 heavy (non-hydrogen) atoms. The predicted octanol–water partition coefficient (Wildman–Crippen LogP) is 6.14. The Kier molecular flexibility index (Phi) is 4.19. The summed E-state index contributed by atoms with van der Waals surface area (Å²) in [4.78, 5) is 0. The minimum Gasteiger partial charge on any atom is -0.317 e. The highest BCUT2D eigenvalue weighted by Gasteiger charge is 2.13. The van der Waals surface area contributed by atoms with E-state index < -0.39 is 0 Å². The van der Waals surface area contributed by atoms with Crippen molar-refractivity contribution in [1.82, 2.24) is 4.57 Å². The van der Waals surface area contributed by atoms with E-state index in [9.17, 15) is 0 Å². The molecule has 0 saturated heterocycles. The van der Waals surface area contributed by atoms with Crippen LogP contribution in [0.4, 0.5) is 0 Å². The molecular formula is C22H25N. The van der Waals surface area contributed by atoms with E-state index in [1.807, 2.05) is 0 Å². The lowest BCUT2D eigenvalue weighted by Crippen LogP contribution is -2.07. The van der Waals surface area contributed by atoms with Gasteiger partial charge in [-0.05, 0) is 54.0 Å². The molecule has 0 atom stereocenters. The summed E-state index contributed by atoms with van der Waals surface area (Å²) < 4.78 is 2.28. The van der Waals surface area contributed by atoms with Crippen LogP contribution in [0.15, 0.2) is 60.8 Å².